The van der Waals surface area contributed by atoms with E-state index >= 15 is 0 Å². The van der Waals surface area contributed by atoms with Gasteiger partial charge in [0.05, 0.1) is 0 Å². The molecule has 0 aromatic carbocycles. The van der Waals surface area contributed by atoms with E-state index in [1.165, 1.54) is 13.0 Å². The topological polar surface area (TPSA) is 20.3 Å². The second-order valence-electron chi connectivity index (χ2n) is 4.04. The zero-order valence-corrected chi connectivity index (χ0v) is 7.10. The highest BCUT2D eigenvalue weighted by atomic mass is 16.1. The summed E-state index contributed by atoms with van der Waals surface area (Å²) in [6, 6.07) is 0. The van der Waals surface area contributed by atoms with Gasteiger partial charge in [-0.3, -0.25) is 4.79 Å². The van der Waals surface area contributed by atoms with Crippen LogP contribution in [0, 0.1) is 5.41 Å². The molecule has 2 fully saturated rings. The molecule has 1 spiro atoms. The summed E-state index contributed by atoms with van der Waals surface area (Å²) in [4.78, 5) is 13.6. The molecule has 0 bridgehead atoms. The van der Waals surface area contributed by atoms with Crippen molar-refractivity contribution in [3.63, 3.8) is 0 Å². The average molecular weight is 153 g/mol. The Morgan fingerprint density at radius 2 is 2.27 bits per heavy atom. The molecule has 2 rings (SSSR count). The lowest BCUT2D eigenvalue weighted by atomic mass is 9.63. The normalized spacial score (nSPS) is 39.2. The maximum atomic E-state index is 11.3. The molecule has 0 N–H and O–H groups in total. The fourth-order valence-electron chi connectivity index (χ4n) is 2.37. The number of Topliss-reactive ketones (excluding diaryl/α,β-unsaturated/α-hetero) is 1. The highest BCUT2D eigenvalue weighted by Crippen LogP contribution is 2.43. The summed E-state index contributed by atoms with van der Waals surface area (Å²) in [6.45, 7) is 2.20. The number of carbonyl (C=O) groups is 1. The molecule has 1 atom stereocenters. The van der Waals surface area contributed by atoms with Crippen molar-refractivity contribution in [3.05, 3.63) is 0 Å². The summed E-state index contributed by atoms with van der Waals surface area (Å²) in [5.41, 5.74) is 0.118. The molecule has 0 amide bonds. The van der Waals surface area contributed by atoms with E-state index in [0.29, 0.717) is 5.78 Å². The molecule has 0 aromatic heterocycles. The Balaban J connectivity index is 2.07. The molecular weight excluding hydrogens is 138 g/mol. The number of ketones is 1. The van der Waals surface area contributed by atoms with Crippen molar-refractivity contribution in [1.29, 1.82) is 0 Å². The summed E-state index contributed by atoms with van der Waals surface area (Å²) >= 11 is 0. The Labute approximate surface area is 67.6 Å². The quantitative estimate of drug-likeness (QED) is 0.518. The van der Waals surface area contributed by atoms with E-state index in [1.54, 1.807) is 0 Å². The zero-order chi connectivity index (χ0) is 7.90. The fourth-order valence-corrected chi connectivity index (χ4v) is 2.37. The van der Waals surface area contributed by atoms with E-state index in [-0.39, 0.29) is 5.41 Å². The average Bonchev–Trinajstić information content (AvgIpc) is 2.02. The molecule has 1 unspecified atom stereocenters. The third-order valence-electron chi connectivity index (χ3n) is 3.19. The molecule has 2 nitrogen and oxygen atoms in total. The molecule has 1 heterocycles. The number of nitrogens with zero attached hydrogens (tertiary/aromatic N) is 1. The van der Waals surface area contributed by atoms with Gasteiger partial charge >= 0.3 is 0 Å². The van der Waals surface area contributed by atoms with Crippen molar-refractivity contribution in [2.75, 3.05) is 20.1 Å². The molecule has 1 saturated heterocycles. The van der Waals surface area contributed by atoms with Crippen LogP contribution in [0.1, 0.15) is 25.7 Å². The smallest absolute Gasteiger partial charge is 0.140 e. The number of likely N-dealkylation sites (tertiary alicyclic amines) is 1. The first-order valence-corrected chi connectivity index (χ1v) is 4.45. The van der Waals surface area contributed by atoms with E-state index in [1.807, 2.05) is 0 Å². The van der Waals surface area contributed by atoms with Gasteiger partial charge in [0.15, 0.2) is 0 Å². The molecule has 2 heteroatoms. The molecule has 1 saturated carbocycles. The number of piperidine rings is 1. The van der Waals surface area contributed by atoms with Crippen molar-refractivity contribution >= 4 is 5.78 Å². The standard InChI is InChI=1S/C9H15NO/c1-10-6-2-4-9(7-10)5-3-8(9)11/h2-7H2,1H3. The van der Waals surface area contributed by atoms with Gasteiger partial charge in [0.25, 0.3) is 0 Å². The van der Waals surface area contributed by atoms with E-state index in [2.05, 4.69) is 11.9 Å². The predicted octanol–water partition coefficient (Wildman–Crippen LogP) is 1.06. The van der Waals surface area contributed by atoms with E-state index < -0.39 is 0 Å². The van der Waals surface area contributed by atoms with Gasteiger partial charge in [0.1, 0.15) is 5.78 Å². The molecule has 0 radical (unpaired) electrons. The van der Waals surface area contributed by atoms with Crippen molar-refractivity contribution in [2.24, 2.45) is 5.41 Å². The number of hydrogen-bond donors (Lipinski definition) is 0. The summed E-state index contributed by atoms with van der Waals surface area (Å²) in [5, 5.41) is 0. The molecule has 11 heavy (non-hydrogen) atoms. The second-order valence-corrected chi connectivity index (χ2v) is 4.04. The molecule has 2 aliphatic rings. The van der Waals surface area contributed by atoms with Gasteiger partial charge in [-0.05, 0) is 32.9 Å². The summed E-state index contributed by atoms with van der Waals surface area (Å²) in [7, 11) is 2.12. The molecule has 1 aliphatic carbocycles. The first-order valence-electron chi connectivity index (χ1n) is 4.45. The third-order valence-corrected chi connectivity index (χ3v) is 3.19. The highest BCUT2D eigenvalue weighted by Gasteiger charge is 2.47. The SMILES string of the molecule is CN1CCCC2(CCC2=O)C1. The van der Waals surface area contributed by atoms with Gasteiger partial charge in [-0.1, -0.05) is 0 Å². The van der Waals surface area contributed by atoms with E-state index in [9.17, 15) is 4.79 Å². The van der Waals surface area contributed by atoms with Gasteiger partial charge in [-0.25, -0.2) is 0 Å². The van der Waals surface area contributed by atoms with Crippen LogP contribution in [0.3, 0.4) is 0 Å². The van der Waals surface area contributed by atoms with Gasteiger partial charge in [0, 0.05) is 18.4 Å². The third kappa shape index (κ3) is 1.00. The van der Waals surface area contributed by atoms with Crippen LogP contribution in [0.4, 0.5) is 0 Å². The monoisotopic (exact) mass is 153 g/mol. The predicted molar refractivity (Wildman–Crippen MR) is 43.4 cm³/mol. The maximum absolute atomic E-state index is 11.3. The second kappa shape index (κ2) is 2.31. The van der Waals surface area contributed by atoms with Crippen LogP contribution in [0.2, 0.25) is 0 Å². The molecule has 0 aromatic rings. The van der Waals surface area contributed by atoms with E-state index in [0.717, 1.165) is 25.8 Å². The summed E-state index contributed by atoms with van der Waals surface area (Å²) in [6.07, 6.45) is 4.35. The maximum Gasteiger partial charge on any atom is 0.140 e. The Bertz CT molecular complexity index is 190. The first kappa shape index (κ1) is 7.29. The van der Waals surface area contributed by atoms with Crippen molar-refractivity contribution in [2.45, 2.75) is 25.7 Å². The number of carbonyl (C=O) groups excluding carboxylic acids is 1. The van der Waals surface area contributed by atoms with Crippen molar-refractivity contribution < 1.29 is 4.79 Å². The van der Waals surface area contributed by atoms with Gasteiger partial charge in [-0.2, -0.15) is 0 Å². The van der Waals surface area contributed by atoms with Gasteiger partial charge < -0.3 is 4.90 Å². The van der Waals surface area contributed by atoms with Crippen LogP contribution < -0.4 is 0 Å². The lowest BCUT2D eigenvalue weighted by Gasteiger charge is -2.46. The number of rotatable bonds is 0. The first-order chi connectivity index (χ1) is 5.23. The fraction of sp³-hybridized carbons (Fsp3) is 0.889. The Hall–Kier alpha value is -0.370. The van der Waals surface area contributed by atoms with Crippen LogP contribution in [-0.2, 0) is 4.79 Å². The summed E-state index contributed by atoms with van der Waals surface area (Å²) in [5.74, 6) is 0.518. The van der Waals surface area contributed by atoms with Gasteiger partial charge in [-0.15, -0.1) is 0 Å². The lowest BCUT2D eigenvalue weighted by molar-refractivity contribution is -0.142. The Kier molecular flexibility index (Phi) is 1.53. The lowest BCUT2D eigenvalue weighted by Crippen LogP contribution is -2.51. The minimum absolute atomic E-state index is 0.118. The highest BCUT2D eigenvalue weighted by molar-refractivity contribution is 5.90. The Morgan fingerprint density at radius 1 is 1.45 bits per heavy atom. The van der Waals surface area contributed by atoms with Gasteiger partial charge in [0.2, 0.25) is 0 Å². The summed E-state index contributed by atoms with van der Waals surface area (Å²) < 4.78 is 0. The zero-order valence-electron chi connectivity index (χ0n) is 7.10. The molecule has 62 valence electrons. The molecule has 1 aliphatic heterocycles. The van der Waals surface area contributed by atoms with Crippen LogP contribution >= 0.6 is 0 Å². The van der Waals surface area contributed by atoms with Crippen LogP contribution in [0.15, 0.2) is 0 Å². The van der Waals surface area contributed by atoms with E-state index in [4.69, 9.17) is 0 Å². The van der Waals surface area contributed by atoms with Crippen molar-refractivity contribution in [1.82, 2.24) is 4.90 Å². The Morgan fingerprint density at radius 3 is 2.64 bits per heavy atom. The largest absolute Gasteiger partial charge is 0.305 e. The minimum atomic E-state index is 0.118. The van der Waals surface area contributed by atoms with Crippen LogP contribution in [0.25, 0.3) is 0 Å². The van der Waals surface area contributed by atoms with Crippen LogP contribution in [0.5, 0.6) is 0 Å². The number of hydrogen-bond acceptors (Lipinski definition) is 2. The molecular formula is C9H15NO. The van der Waals surface area contributed by atoms with Crippen molar-refractivity contribution in [3.8, 4) is 0 Å². The minimum Gasteiger partial charge on any atom is -0.305 e. The van der Waals surface area contributed by atoms with Crippen LogP contribution in [-0.4, -0.2) is 30.8 Å².